The molecule has 1 rings (SSSR count). The lowest BCUT2D eigenvalue weighted by Gasteiger charge is -2.27. The highest BCUT2D eigenvalue weighted by Crippen LogP contribution is 2.32. The summed E-state index contributed by atoms with van der Waals surface area (Å²) in [7, 11) is -3.69. The van der Waals surface area contributed by atoms with Crippen molar-refractivity contribution in [3.63, 3.8) is 0 Å². The second-order valence-electron chi connectivity index (χ2n) is 4.55. The molecular weight excluding hydrogens is 319 g/mol. The van der Waals surface area contributed by atoms with Gasteiger partial charge in [-0.1, -0.05) is 37.0 Å². The van der Waals surface area contributed by atoms with Gasteiger partial charge in [0.05, 0.1) is 5.02 Å². The molecule has 0 aliphatic carbocycles. The van der Waals surface area contributed by atoms with Gasteiger partial charge in [-0.05, 0) is 31.0 Å². The average molecular weight is 339 g/mol. The van der Waals surface area contributed by atoms with Crippen molar-refractivity contribution in [1.29, 1.82) is 0 Å². The predicted molar refractivity (Wildman–Crippen MR) is 83.7 cm³/mol. The van der Waals surface area contributed by atoms with Crippen LogP contribution < -0.4 is 5.73 Å². The van der Waals surface area contributed by atoms with Crippen LogP contribution in [0, 0.1) is 0 Å². The van der Waals surface area contributed by atoms with Crippen molar-refractivity contribution < 1.29 is 8.42 Å². The van der Waals surface area contributed by atoms with Crippen molar-refractivity contribution in [2.75, 3.05) is 6.54 Å². The Morgan fingerprint density at radius 1 is 1.30 bits per heavy atom. The molecule has 0 saturated carbocycles. The molecule has 0 aliphatic rings. The Morgan fingerprint density at radius 3 is 2.35 bits per heavy atom. The molecule has 0 amide bonds. The van der Waals surface area contributed by atoms with Crippen LogP contribution in [0.1, 0.15) is 32.8 Å². The van der Waals surface area contributed by atoms with Crippen LogP contribution in [0.15, 0.2) is 17.0 Å². The topological polar surface area (TPSA) is 63.4 Å². The van der Waals surface area contributed by atoms with Crippen LogP contribution in [0.3, 0.4) is 0 Å². The zero-order valence-corrected chi connectivity index (χ0v) is 14.2. The first kappa shape index (κ1) is 17.7. The summed E-state index contributed by atoms with van der Waals surface area (Å²) in [6.45, 7) is 6.11. The molecule has 20 heavy (non-hydrogen) atoms. The van der Waals surface area contributed by atoms with Crippen LogP contribution in [0.2, 0.25) is 10.0 Å². The third-order valence-electron chi connectivity index (χ3n) is 3.28. The lowest BCUT2D eigenvalue weighted by molar-refractivity contribution is 0.342. The smallest absolute Gasteiger partial charge is 0.244 e. The second-order valence-corrected chi connectivity index (χ2v) is 7.22. The Hall–Kier alpha value is -0.330. The van der Waals surface area contributed by atoms with E-state index in [0.717, 1.165) is 6.42 Å². The van der Waals surface area contributed by atoms with Crippen molar-refractivity contribution in [2.45, 2.75) is 44.7 Å². The van der Waals surface area contributed by atoms with E-state index in [9.17, 15) is 8.42 Å². The Balaban J connectivity index is 3.45. The molecule has 0 saturated heterocycles. The van der Waals surface area contributed by atoms with Crippen LogP contribution in [0.25, 0.3) is 0 Å². The van der Waals surface area contributed by atoms with Crippen molar-refractivity contribution in [3.8, 4) is 0 Å². The normalized spacial score (nSPS) is 13.8. The molecule has 114 valence electrons. The van der Waals surface area contributed by atoms with Gasteiger partial charge in [-0.15, -0.1) is 0 Å². The van der Waals surface area contributed by atoms with Crippen molar-refractivity contribution >= 4 is 33.2 Å². The van der Waals surface area contributed by atoms with Crippen LogP contribution in [0.5, 0.6) is 0 Å². The number of rotatable bonds is 6. The molecule has 0 radical (unpaired) electrons. The third kappa shape index (κ3) is 3.46. The van der Waals surface area contributed by atoms with Gasteiger partial charge in [-0.25, -0.2) is 8.42 Å². The van der Waals surface area contributed by atoms with Crippen molar-refractivity contribution in [3.05, 3.63) is 27.7 Å². The van der Waals surface area contributed by atoms with Gasteiger partial charge in [-0.2, -0.15) is 4.31 Å². The van der Waals surface area contributed by atoms with E-state index < -0.39 is 10.0 Å². The van der Waals surface area contributed by atoms with Gasteiger partial charge in [0.15, 0.2) is 0 Å². The molecule has 0 fully saturated rings. The number of halogens is 2. The van der Waals surface area contributed by atoms with Gasteiger partial charge in [0.1, 0.15) is 4.90 Å². The standard InChI is InChI=1S/C13H20Cl2N2O2S/c1-4-9(3)17(5-2)20(18,19)12-7-11(14)6-10(8-16)13(12)15/h6-7,9H,4-5,8,16H2,1-3H3. The molecule has 0 spiro atoms. The number of hydrogen-bond donors (Lipinski definition) is 1. The Kier molecular flexibility index (Phi) is 6.28. The fourth-order valence-electron chi connectivity index (χ4n) is 2.00. The van der Waals surface area contributed by atoms with Crippen LogP contribution in [-0.4, -0.2) is 25.3 Å². The number of nitrogens with zero attached hydrogens (tertiary/aromatic N) is 1. The van der Waals surface area contributed by atoms with E-state index in [1.165, 1.54) is 10.4 Å². The molecule has 0 aliphatic heterocycles. The monoisotopic (exact) mass is 338 g/mol. The van der Waals surface area contributed by atoms with Gasteiger partial charge in [-0.3, -0.25) is 0 Å². The number of benzene rings is 1. The summed E-state index contributed by atoms with van der Waals surface area (Å²) >= 11 is 12.1. The molecule has 0 heterocycles. The molecule has 1 unspecified atom stereocenters. The lowest BCUT2D eigenvalue weighted by atomic mass is 10.2. The van der Waals surface area contributed by atoms with E-state index in [1.54, 1.807) is 13.0 Å². The lowest BCUT2D eigenvalue weighted by Crippen LogP contribution is -2.38. The SMILES string of the molecule is CCC(C)N(CC)S(=O)(=O)c1cc(Cl)cc(CN)c1Cl. The highest BCUT2D eigenvalue weighted by Gasteiger charge is 2.30. The molecular formula is C13H20Cl2N2O2S. The molecule has 2 N–H and O–H groups in total. The maximum absolute atomic E-state index is 12.7. The van der Waals surface area contributed by atoms with Gasteiger partial charge >= 0.3 is 0 Å². The van der Waals surface area contributed by atoms with E-state index in [1.807, 2.05) is 13.8 Å². The molecule has 0 bridgehead atoms. The van der Waals surface area contributed by atoms with Crippen LogP contribution in [-0.2, 0) is 16.6 Å². The summed E-state index contributed by atoms with van der Waals surface area (Å²) in [5, 5.41) is 0.465. The Bertz CT molecular complexity index is 576. The summed E-state index contributed by atoms with van der Waals surface area (Å²) in [5.74, 6) is 0. The zero-order valence-electron chi connectivity index (χ0n) is 11.9. The highest BCUT2D eigenvalue weighted by atomic mass is 35.5. The maximum atomic E-state index is 12.7. The van der Waals surface area contributed by atoms with E-state index in [4.69, 9.17) is 28.9 Å². The van der Waals surface area contributed by atoms with E-state index in [-0.39, 0.29) is 22.5 Å². The van der Waals surface area contributed by atoms with E-state index in [2.05, 4.69) is 0 Å². The number of hydrogen-bond acceptors (Lipinski definition) is 3. The van der Waals surface area contributed by atoms with Gasteiger partial charge in [0.25, 0.3) is 0 Å². The second kappa shape index (κ2) is 7.09. The third-order valence-corrected chi connectivity index (χ3v) is 6.17. The number of nitrogens with two attached hydrogens (primary N) is 1. The van der Waals surface area contributed by atoms with Crippen LogP contribution in [0.4, 0.5) is 0 Å². The first-order chi connectivity index (χ1) is 9.29. The average Bonchev–Trinajstić information content (AvgIpc) is 2.40. The molecule has 1 aromatic carbocycles. The van der Waals surface area contributed by atoms with E-state index in [0.29, 0.717) is 17.1 Å². The van der Waals surface area contributed by atoms with Crippen molar-refractivity contribution in [2.24, 2.45) is 5.73 Å². The molecule has 4 nitrogen and oxygen atoms in total. The fourth-order valence-corrected chi connectivity index (χ4v) is 4.64. The minimum Gasteiger partial charge on any atom is -0.326 e. The van der Waals surface area contributed by atoms with Gasteiger partial charge in [0, 0.05) is 24.2 Å². The Labute approximate surface area is 130 Å². The molecule has 1 aromatic rings. The van der Waals surface area contributed by atoms with E-state index >= 15 is 0 Å². The summed E-state index contributed by atoms with van der Waals surface area (Å²) in [6.07, 6.45) is 0.717. The molecule has 0 aromatic heterocycles. The zero-order chi connectivity index (χ0) is 15.5. The quantitative estimate of drug-likeness (QED) is 0.865. The molecule has 7 heteroatoms. The number of sulfonamides is 1. The summed E-state index contributed by atoms with van der Waals surface area (Å²) in [4.78, 5) is 0.0225. The first-order valence-corrected chi connectivity index (χ1v) is 8.68. The summed E-state index contributed by atoms with van der Waals surface area (Å²) in [6, 6.07) is 2.85. The minimum absolute atomic E-state index is 0.0225. The fraction of sp³-hybridized carbons (Fsp3) is 0.538. The minimum atomic E-state index is -3.69. The molecule has 1 atom stereocenters. The first-order valence-electron chi connectivity index (χ1n) is 6.49. The Morgan fingerprint density at radius 2 is 1.90 bits per heavy atom. The van der Waals surface area contributed by atoms with Crippen LogP contribution >= 0.6 is 23.2 Å². The highest BCUT2D eigenvalue weighted by molar-refractivity contribution is 7.89. The van der Waals surface area contributed by atoms with Gasteiger partial charge in [0.2, 0.25) is 10.0 Å². The maximum Gasteiger partial charge on any atom is 0.244 e. The predicted octanol–water partition coefficient (Wildman–Crippen LogP) is 3.26. The van der Waals surface area contributed by atoms with Crippen molar-refractivity contribution in [1.82, 2.24) is 4.31 Å². The largest absolute Gasteiger partial charge is 0.326 e. The summed E-state index contributed by atoms with van der Waals surface area (Å²) < 4.78 is 26.9. The summed E-state index contributed by atoms with van der Waals surface area (Å²) in [5.41, 5.74) is 6.10. The van der Waals surface area contributed by atoms with Gasteiger partial charge < -0.3 is 5.73 Å².